The molecule has 0 radical (unpaired) electrons. The van der Waals surface area contributed by atoms with Gasteiger partial charge in [-0.1, -0.05) is 30.1 Å². The fourth-order valence-electron chi connectivity index (χ4n) is 2.42. The van der Waals surface area contributed by atoms with E-state index in [1.165, 1.54) is 18.3 Å². The largest absolute Gasteiger partial charge is 0.417 e. The Hall–Kier alpha value is -2.32. The lowest BCUT2D eigenvalue weighted by molar-refractivity contribution is -0.137. The first kappa shape index (κ1) is 18.5. The number of rotatable bonds is 3. The molecule has 0 spiro atoms. The molecule has 0 aromatic carbocycles. The van der Waals surface area contributed by atoms with Gasteiger partial charge in [-0.3, -0.25) is 9.20 Å². The van der Waals surface area contributed by atoms with E-state index in [0.717, 1.165) is 16.7 Å². The van der Waals surface area contributed by atoms with Crippen LogP contribution in [0.25, 0.3) is 5.65 Å². The van der Waals surface area contributed by atoms with E-state index in [0.29, 0.717) is 17.1 Å². The number of hydrogen-bond acceptors (Lipinski definition) is 3. The topological polar surface area (TPSA) is 59.3 Å². The Morgan fingerprint density at radius 3 is 2.62 bits per heavy atom. The van der Waals surface area contributed by atoms with Crippen LogP contribution in [0.3, 0.4) is 0 Å². The summed E-state index contributed by atoms with van der Waals surface area (Å²) in [4.78, 5) is 20.8. The highest BCUT2D eigenvalue weighted by Crippen LogP contribution is 2.33. The number of hydrogen-bond donors (Lipinski definition) is 1. The Morgan fingerprint density at radius 2 is 2.04 bits per heavy atom. The minimum Gasteiger partial charge on any atom is -0.305 e. The predicted molar refractivity (Wildman–Crippen MR) is 91.8 cm³/mol. The minimum absolute atomic E-state index is 0.0350. The molecule has 0 aliphatic heterocycles. The highest BCUT2D eigenvalue weighted by atomic mass is 35.5. The summed E-state index contributed by atoms with van der Waals surface area (Å²) in [5.74, 6) is -0.450. The molecule has 26 heavy (non-hydrogen) atoms. The molecule has 5 nitrogen and oxygen atoms in total. The zero-order valence-electron chi connectivity index (χ0n) is 13.2. The first-order valence-corrected chi connectivity index (χ1v) is 8.17. The van der Waals surface area contributed by atoms with Crippen LogP contribution in [0.2, 0.25) is 10.0 Å². The Morgan fingerprint density at radius 1 is 1.31 bits per heavy atom. The number of alkyl halides is 3. The highest BCUT2D eigenvalue weighted by Gasteiger charge is 2.33. The Kier molecular flexibility index (Phi) is 4.81. The van der Waals surface area contributed by atoms with Gasteiger partial charge in [-0.2, -0.15) is 13.2 Å². The summed E-state index contributed by atoms with van der Waals surface area (Å²) in [5, 5.41) is 2.71. The maximum atomic E-state index is 13.1. The molecule has 136 valence electrons. The molecule has 0 atom stereocenters. The van der Waals surface area contributed by atoms with Gasteiger partial charge in [-0.25, -0.2) is 9.97 Å². The number of aryl methyl sites for hydroxylation is 1. The third-order valence-corrected chi connectivity index (χ3v) is 4.10. The van der Waals surface area contributed by atoms with Gasteiger partial charge in [0.05, 0.1) is 21.3 Å². The molecule has 0 aliphatic carbocycles. The van der Waals surface area contributed by atoms with Gasteiger partial charge in [0.2, 0.25) is 0 Å². The van der Waals surface area contributed by atoms with Crippen LogP contribution >= 0.6 is 23.2 Å². The summed E-state index contributed by atoms with van der Waals surface area (Å²) in [5.41, 5.74) is -0.621. The van der Waals surface area contributed by atoms with Crippen molar-refractivity contribution in [1.29, 1.82) is 0 Å². The molecule has 3 rings (SSSR count). The number of aromatic nitrogens is 3. The Labute approximate surface area is 155 Å². The van der Waals surface area contributed by atoms with Crippen LogP contribution in [-0.4, -0.2) is 20.3 Å². The minimum atomic E-state index is -4.61. The maximum Gasteiger partial charge on any atom is 0.417 e. The summed E-state index contributed by atoms with van der Waals surface area (Å²) < 4.78 is 40.3. The molecule has 0 fully saturated rings. The quantitative estimate of drug-likeness (QED) is 0.679. The Bertz CT molecular complexity index is 984. The third kappa shape index (κ3) is 3.47. The van der Waals surface area contributed by atoms with E-state index in [2.05, 4.69) is 15.3 Å². The van der Waals surface area contributed by atoms with Crippen molar-refractivity contribution in [3.63, 3.8) is 0 Å². The standard InChI is InChI=1S/C16H11Cl2F3N4O/c1-2-11-13(15(26)24-12-4-3-9(17)6-22-12)25-7-8(16(19,20)21)5-10(18)14(25)23-11/h3-7H,2H2,1H3,(H,22,24,26). The van der Waals surface area contributed by atoms with Gasteiger partial charge in [-0.05, 0) is 24.6 Å². The second-order valence-electron chi connectivity index (χ2n) is 5.34. The lowest BCUT2D eigenvalue weighted by Gasteiger charge is -2.10. The summed E-state index contributed by atoms with van der Waals surface area (Å²) in [7, 11) is 0. The van der Waals surface area contributed by atoms with Crippen molar-refractivity contribution < 1.29 is 18.0 Å². The van der Waals surface area contributed by atoms with Crippen molar-refractivity contribution in [3.8, 4) is 0 Å². The fourth-order valence-corrected chi connectivity index (χ4v) is 2.78. The number of imidazole rings is 1. The Balaban J connectivity index is 2.12. The van der Waals surface area contributed by atoms with E-state index in [9.17, 15) is 18.0 Å². The van der Waals surface area contributed by atoms with Gasteiger partial charge in [0.1, 0.15) is 11.5 Å². The number of nitrogens with zero attached hydrogens (tertiary/aromatic N) is 3. The third-order valence-electron chi connectivity index (χ3n) is 3.59. The molecule has 3 aromatic rings. The number of halogens is 5. The molecule has 3 aromatic heterocycles. The highest BCUT2D eigenvalue weighted by molar-refractivity contribution is 6.33. The van der Waals surface area contributed by atoms with Crippen LogP contribution in [-0.2, 0) is 12.6 Å². The van der Waals surface area contributed by atoms with Crippen molar-refractivity contribution in [2.24, 2.45) is 0 Å². The van der Waals surface area contributed by atoms with Crippen LogP contribution in [0.1, 0.15) is 28.7 Å². The molecule has 1 amide bonds. The zero-order chi connectivity index (χ0) is 19.1. The second-order valence-corrected chi connectivity index (χ2v) is 6.19. The number of pyridine rings is 2. The van der Waals surface area contributed by atoms with Crippen molar-refractivity contribution in [1.82, 2.24) is 14.4 Å². The molecular formula is C16H11Cl2F3N4O. The smallest absolute Gasteiger partial charge is 0.305 e. The first-order chi connectivity index (χ1) is 12.2. The average molecular weight is 403 g/mol. The molecule has 0 saturated heterocycles. The summed E-state index contributed by atoms with van der Waals surface area (Å²) in [6, 6.07) is 3.78. The molecule has 3 heterocycles. The fraction of sp³-hybridized carbons (Fsp3) is 0.188. The molecule has 0 aliphatic rings. The van der Waals surface area contributed by atoms with E-state index >= 15 is 0 Å². The summed E-state index contributed by atoms with van der Waals surface area (Å²) >= 11 is 11.7. The molecule has 10 heteroatoms. The van der Waals surface area contributed by atoms with Gasteiger partial charge in [0.15, 0.2) is 5.65 Å². The number of amides is 1. The molecule has 1 N–H and O–H groups in total. The number of fused-ring (bicyclic) bond motifs is 1. The van der Waals surface area contributed by atoms with Gasteiger partial charge in [-0.15, -0.1) is 0 Å². The number of anilines is 1. The number of carbonyl (C=O) groups is 1. The monoisotopic (exact) mass is 402 g/mol. The summed E-state index contributed by atoms with van der Waals surface area (Å²) in [6.45, 7) is 1.73. The molecule has 0 bridgehead atoms. The predicted octanol–water partition coefficient (Wildman–Crippen LogP) is 4.87. The van der Waals surface area contributed by atoms with Crippen LogP contribution < -0.4 is 5.32 Å². The van der Waals surface area contributed by atoms with Gasteiger partial charge in [0, 0.05) is 12.4 Å². The van der Waals surface area contributed by atoms with Gasteiger partial charge < -0.3 is 5.32 Å². The van der Waals surface area contributed by atoms with Crippen molar-refractivity contribution in [2.45, 2.75) is 19.5 Å². The SMILES string of the molecule is CCc1nc2c(Cl)cc(C(F)(F)F)cn2c1C(=O)Nc1ccc(Cl)cn1. The van der Waals surface area contributed by atoms with Crippen molar-refractivity contribution >= 4 is 40.6 Å². The van der Waals surface area contributed by atoms with Crippen LogP contribution in [0.4, 0.5) is 19.0 Å². The number of carbonyl (C=O) groups excluding carboxylic acids is 1. The van der Waals surface area contributed by atoms with Crippen LogP contribution in [0.15, 0.2) is 30.6 Å². The van der Waals surface area contributed by atoms with E-state index < -0.39 is 17.6 Å². The normalized spacial score (nSPS) is 11.8. The van der Waals surface area contributed by atoms with E-state index in [1.54, 1.807) is 6.92 Å². The summed E-state index contributed by atoms with van der Waals surface area (Å²) in [6.07, 6.45) is -2.14. The van der Waals surface area contributed by atoms with Crippen molar-refractivity contribution in [3.05, 3.63) is 57.6 Å². The average Bonchev–Trinajstić information content (AvgIpc) is 2.95. The van der Waals surface area contributed by atoms with Gasteiger partial charge in [0.25, 0.3) is 5.91 Å². The second kappa shape index (κ2) is 6.77. The van der Waals surface area contributed by atoms with Crippen LogP contribution in [0.5, 0.6) is 0 Å². The van der Waals surface area contributed by atoms with E-state index in [-0.39, 0.29) is 22.2 Å². The zero-order valence-corrected chi connectivity index (χ0v) is 14.7. The van der Waals surface area contributed by atoms with E-state index in [1.807, 2.05) is 0 Å². The first-order valence-electron chi connectivity index (χ1n) is 7.41. The van der Waals surface area contributed by atoms with Crippen molar-refractivity contribution in [2.75, 3.05) is 5.32 Å². The number of nitrogens with one attached hydrogen (secondary N) is 1. The van der Waals surface area contributed by atoms with Crippen LogP contribution in [0, 0.1) is 0 Å². The molecular weight excluding hydrogens is 392 g/mol. The molecule has 0 unspecified atom stereocenters. The maximum absolute atomic E-state index is 13.1. The lowest BCUT2D eigenvalue weighted by Crippen LogP contribution is -2.17. The van der Waals surface area contributed by atoms with E-state index in [4.69, 9.17) is 23.2 Å². The molecule has 0 saturated carbocycles. The lowest BCUT2D eigenvalue weighted by atomic mass is 10.2. The van der Waals surface area contributed by atoms with Gasteiger partial charge >= 0.3 is 6.18 Å².